The van der Waals surface area contributed by atoms with Crippen LogP contribution in [0.4, 0.5) is 24.8 Å². The summed E-state index contributed by atoms with van der Waals surface area (Å²) in [6.07, 6.45) is -0.429. The van der Waals surface area contributed by atoms with E-state index in [-0.39, 0.29) is 24.3 Å². The third kappa shape index (κ3) is 7.90. The van der Waals surface area contributed by atoms with Crippen molar-refractivity contribution in [2.24, 2.45) is 0 Å². The third-order valence-corrected chi connectivity index (χ3v) is 6.10. The van der Waals surface area contributed by atoms with E-state index in [1.165, 1.54) is 43.5 Å². The minimum absolute atomic E-state index is 0.0455. The monoisotopic (exact) mass is 543 g/mol. The van der Waals surface area contributed by atoms with Crippen LogP contribution in [-0.4, -0.2) is 61.0 Å². The van der Waals surface area contributed by atoms with Crippen LogP contribution < -0.4 is 20.3 Å². The number of amides is 2. The second-order valence-corrected chi connectivity index (χ2v) is 9.04. The lowest BCUT2D eigenvalue weighted by atomic mass is 10.1. The minimum atomic E-state index is -4.76. The van der Waals surface area contributed by atoms with Crippen molar-refractivity contribution in [2.75, 3.05) is 37.0 Å². The number of ether oxygens (including phenoxy) is 2. The predicted molar refractivity (Wildman–Crippen MR) is 140 cm³/mol. The van der Waals surface area contributed by atoms with Gasteiger partial charge in [-0.05, 0) is 61.7 Å². The standard InChI is InChI=1S/C27H28F3N5O4/c1-17-22-15-20(33-24(36)10-5-18-3-7-21(8-4-18)39-27(28,29)30)6-9-23(22)34-26(31-17)35-13-11-19(12-14-35)32-25(37)16-38-2/h3-10,15,19H,11-14,16H2,1-2H3,(H,32,37)(H,33,36)/b10-5+. The van der Waals surface area contributed by atoms with Crippen LogP contribution in [0.15, 0.2) is 48.5 Å². The van der Waals surface area contributed by atoms with Gasteiger partial charge in [-0.2, -0.15) is 0 Å². The van der Waals surface area contributed by atoms with Crippen LogP contribution in [0.3, 0.4) is 0 Å². The number of hydrogen-bond acceptors (Lipinski definition) is 7. The molecule has 2 heterocycles. The van der Waals surface area contributed by atoms with Crippen molar-refractivity contribution < 1.29 is 32.2 Å². The smallest absolute Gasteiger partial charge is 0.406 e. The molecule has 1 aromatic heterocycles. The first-order valence-electron chi connectivity index (χ1n) is 12.3. The highest BCUT2D eigenvalue weighted by Gasteiger charge is 2.31. The van der Waals surface area contributed by atoms with Crippen LogP contribution in [0.2, 0.25) is 0 Å². The first-order valence-corrected chi connectivity index (χ1v) is 12.3. The van der Waals surface area contributed by atoms with Gasteiger partial charge < -0.3 is 25.0 Å². The number of carbonyl (C=O) groups excluding carboxylic acids is 2. The summed E-state index contributed by atoms with van der Waals surface area (Å²) in [6.45, 7) is 3.34. The van der Waals surface area contributed by atoms with E-state index >= 15 is 0 Å². The first kappa shape index (κ1) is 27.8. The molecule has 39 heavy (non-hydrogen) atoms. The van der Waals surface area contributed by atoms with Gasteiger partial charge >= 0.3 is 6.36 Å². The molecule has 0 atom stereocenters. The molecule has 0 saturated carbocycles. The van der Waals surface area contributed by atoms with Crippen LogP contribution in [0, 0.1) is 6.92 Å². The van der Waals surface area contributed by atoms with E-state index in [4.69, 9.17) is 9.72 Å². The molecule has 12 heteroatoms. The lowest BCUT2D eigenvalue weighted by molar-refractivity contribution is -0.274. The number of aryl methyl sites for hydroxylation is 1. The Hall–Kier alpha value is -4.19. The molecule has 2 N–H and O–H groups in total. The fraction of sp³-hybridized carbons (Fsp3) is 0.333. The zero-order chi connectivity index (χ0) is 28.0. The zero-order valence-electron chi connectivity index (χ0n) is 21.4. The summed E-state index contributed by atoms with van der Waals surface area (Å²) in [4.78, 5) is 35.6. The molecule has 3 aromatic rings. The fourth-order valence-corrected chi connectivity index (χ4v) is 4.25. The number of fused-ring (bicyclic) bond motifs is 1. The summed E-state index contributed by atoms with van der Waals surface area (Å²) in [5, 5.41) is 6.54. The van der Waals surface area contributed by atoms with Gasteiger partial charge in [0, 0.05) is 43.4 Å². The largest absolute Gasteiger partial charge is 0.573 e. The molecule has 0 unspecified atom stereocenters. The lowest BCUT2D eigenvalue weighted by Crippen LogP contribution is -2.46. The number of alkyl halides is 3. The number of hydrogen-bond donors (Lipinski definition) is 2. The zero-order valence-corrected chi connectivity index (χ0v) is 21.4. The minimum Gasteiger partial charge on any atom is -0.406 e. The predicted octanol–water partition coefficient (Wildman–Crippen LogP) is 4.22. The Kier molecular flexibility index (Phi) is 8.65. The number of carbonyl (C=O) groups is 2. The van der Waals surface area contributed by atoms with Crippen LogP contribution in [0.25, 0.3) is 17.0 Å². The Labute approximate surface area is 223 Å². The maximum Gasteiger partial charge on any atom is 0.573 e. The van der Waals surface area contributed by atoms with Gasteiger partial charge in [0.1, 0.15) is 12.4 Å². The van der Waals surface area contributed by atoms with Crippen LogP contribution in [0.1, 0.15) is 24.1 Å². The Morgan fingerprint density at radius 1 is 1.10 bits per heavy atom. The molecule has 2 amide bonds. The Morgan fingerprint density at radius 3 is 2.49 bits per heavy atom. The van der Waals surface area contributed by atoms with Crippen molar-refractivity contribution in [3.8, 4) is 5.75 Å². The second-order valence-electron chi connectivity index (χ2n) is 9.04. The van der Waals surface area contributed by atoms with Gasteiger partial charge in [0.25, 0.3) is 0 Å². The Balaban J connectivity index is 1.36. The topological polar surface area (TPSA) is 106 Å². The Morgan fingerprint density at radius 2 is 1.82 bits per heavy atom. The van der Waals surface area contributed by atoms with E-state index in [0.29, 0.717) is 30.3 Å². The molecule has 1 aliphatic rings. The molecule has 1 aliphatic heterocycles. The molecular weight excluding hydrogens is 515 g/mol. The first-order chi connectivity index (χ1) is 18.6. The molecule has 4 rings (SSSR count). The second kappa shape index (κ2) is 12.1. The van der Waals surface area contributed by atoms with Crippen molar-refractivity contribution in [3.63, 3.8) is 0 Å². The van der Waals surface area contributed by atoms with Crippen LogP contribution in [-0.2, 0) is 14.3 Å². The highest BCUT2D eigenvalue weighted by atomic mass is 19.4. The number of methoxy groups -OCH3 is 1. The van der Waals surface area contributed by atoms with Crippen molar-refractivity contribution >= 4 is 40.4 Å². The number of aromatic nitrogens is 2. The number of halogens is 3. The molecule has 9 nitrogen and oxygen atoms in total. The molecular formula is C27H28F3N5O4. The summed E-state index contributed by atoms with van der Waals surface area (Å²) in [7, 11) is 1.49. The van der Waals surface area contributed by atoms with Gasteiger partial charge in [-0.3, -0.25) is 9.59 Å². The third-order valence-electron chi connectivity index (χ3n) is 6.10. The molecule has 1 saturated heterocycles. The quantitative estimate of drug-likeness (QED) is 0.410. The van der Waals surface area contributed by atoms with E-state index in [2.05, 4.69) is 25.3 Å². The van der Waals surface area contributed by atoms with E-state index in [0.717, 1.165) is 29.4 Å². The summed E-state index contributed by atoms with van der Waals surface area (Å²) in [5.74, 6) is -0.244. The van der Waals surface area contributed by atoms with Gasteiger partial charge in [-0.15, -0.1) is 13.2 Å². The van der Waals surface area contributed by atoms with Crippen molar-refractivity contribution in [1.82, 2.24) is 15.3 Å². The molecule has 1 fully saturated rings. The number of benzene rings is 2. The van der Waals surface area contributed by atoms with Crippen molar-refractivity contribution in [2.45, 2.75) is 32.2 Å². The molecule has 0 aliphatic carbocycles. The molecule has 0 bridgehead atoms. The number of nitrogens with one attached hydrogen (secondary N) is 2. The summed E-state index contributed by atoms with van der Waals surface area (Å²) < 4.78 is 45.6. The number of piperidine rings is 1. The number of rotatable bonds is 8. The normalized spacial score (nSPS) is 14.5. The van der Waals surface area contributed by atoms with Gasteiger partial charge in [-0.1, -0.05) is 12.1 Å². The van der Waals surface area contributed by atoms with E-state index in [1.54, 1.807) is 12.1 Å². The van der Waals surface area contributed by atoms with Crippen LogP contribution in [0.5, 0.6) is 5.75 Å². The average Bonchev–Trinajstić information content (AvgIpc) is 2.88. The average molecular weight is 544 g/mol. The van der Waals surface area contributed by atoms with Crippen molar-refractivity contribution in [1.29, 1.82) is 0 Å². The Bertz CT molecular complexity index is 1350. The van der Waals surface area contributed by atoms with Gasteiger partial charge in [-0.25, -0.2) is 9.97 Å². The van der Waals surface area contributed by atoms with Gasteiger partial charge in [0.15, 0.2) is 0 Å². The van der Waals surface area contributed by atoms with E-state index in [9.17, 15) is 22.8 Å². The summed E-state index contributed by atoms with van der Waals surface area (Å²) in [6, 6.07) is 10.6. The lowest BCUT2D eigenvalue weighted by Gasteiger charge is -2.32. The highest BCUT2D eigenvalue weighted by Crippen LogP contribution is 2.25. The van der Waals surface area contributed by atoms with E-state index < -0.39 is 12.3 Å². The number of anilines is 2. The van der Waals surface area contributed by atoms with Gasteiger partial charge in [0.2, 0.25) is 17.8 Å². The maximum atomic E-state index is 12.4. The maximum absolute atomic E-state index is 12.4. The van der Waals surface area contributed by atoms with Crippen LogP contribution >= 0.6 is 0 Å². The van der Waals surface area contributed by atoms with Gasteiger partial charge in [0.05, 0.1) is 11.2 Å². The van der Waals surface area contributed by atoms with E-state index in [1.807, 2.05) is 13.0 Å². The fourth-order valence-electron chi connectivity index (χ4n) is 4.25. The highest BCUT2D eigenvalue weighted by molar-refractivity contribution is 6.03. The molecule has 0 spiro atoms. The molecule has 0 radical (unpaired) electrons. The SMILES string of the molecule is COCC(=O)NC1CCN(c2nc(C)c3cc(NC(=O)/C=C/c4ccc(OC(F)(F)F)cc4)ccc3n2)CC1. The van der Waals surface area contributed by atoms with Crippen molar-refractivity contribution in [3.05, 3.63) is 59.8 Å². The number of nitrogens with zero attached hydrogens (tertiary/aromatic N) is 3. The molecule has 2 aromatic carbocycles. The summed E-state index contributed by atoms with van der Waals surface area (Å²) >= 11 is 0. The molecule has 206 valence electrons. The summed E-state index contributed by atoms with van der Waals surface area (Å²) in [5.41, 5.74) is 2.59.